The third-order valence-corrected chi connectivity index (χ3v) is 6.46. The van der Waals surface area contributed by atoms with Crippen LogP contribution in [0.1, 0.15) is 42.2 Å². The highest BCUT2D eigenvalue weighted by atomic mass is 35.5. The first-order valence-corrected chi connectivity index (χ1v) is 11.1. The van der Waals surface area contributed by atoms with Gasteiger partial charge in [0.1, 0.15) is 11.5 Å². The Morgan fingerprint density at radius 2 is 1.56 bits per heavy atom. The van der Waals surface area contributed by atoms with Crippen LogP contribution in [-0.2, 0) is 9.59 Å². The Bertz CT molecular complexity index is 1220. The number of Topliss-reactive ketones (excluding diaryl/α,β-unsaturated/α-hetero) is 1. The maximum Gasteiger partial charge on any atom is 0.225 e. The van der Waals surface area contributed by atoms with Gasteiger partial charge in [0.15, 0.2) is 5.78 Å². The topological polar surface area (TPSA) is 55.4 Å². The van der Waals surface area contributed by atoms with Crippen molar-refractivity contribution < 1.29 is 14.3 Å². The molecule has 3 aromatic rings. The number of para-hydroxylation sites is 1. The monoisotopic (exact) mass is 443 g/mol. The molecule has 2 atom stereocenters. The minimum atomic E-state index is -0.280. The van der Waals surface area contributed by atoms with E-state index in [4.69, 9.17) is 16.3 Å². The molecule has 1 heterocycles. The molecule has 0 spiro atoms. The second-order valence-electron chi connectivity index (χ2n) is 8.23. The molecular formula is C27H22ClNO3. The van der Waals surface area contributed by atoms with Crippen LogP contribution in [0.4, 0.5) is 0 Å². The van der Waals surface area contributed by atoms with Gasteiger partial charge in [-0.05, 0) is 53.8 Å². The van der Waals surface area contributed by atoms with E-state index in [1.54, 1.807) is 0 Å². The van der Waals surface area contributed by atoms with Gasteiger partial charge >= 0.3 is 0 Å². The SMILES string of the molecule is O=C1C[C@@H](c2cccc(Oc3ccccc3)c2)C2=C(C[C@H](c3ccccc3Cl)CC2=O)N1. The Morgan fingerprint density at radius 3 is 2.38 bits per heavy atom. The van der Waals surface area contributed by atoms with E-state index < -0.39 is 0 Å². The number of ether oxygens (including phenoxy) is 1. The summed E-state index contributed by atoms with van der Waals surface area (Å²) in [5, 5.41) is 3.62. The van der Waals surface area contributed by atoms with E-state index >= 15 is 0 Å². The number of rotatable bonds is 4. The standard InChI is InChI=1S/C27H22ClNO3/c28-23-12-5-4-11-21(23)18-14-24-27(25(30)15-18)22(16-26(31)29-24)17-7-6-10-20(13-17)32-19-8-2-1-3-9-19/h1-13,18,22H,14-16H2,(H,29,31)/t18-,22-/m0/s1. The number of halogens is 1. The van der Waals surface area contributed by atoms with Crippen molar-refractivity contribution in [3.05, 3.63) is 106 Å². The molecule has 5 rings (SSSR count). The third-order valence-electron chi connectivity index (χ3n) is 6.12. The van der Waals surface area contributed by atoms with Crippen LogP contribution >= 0.6 is 11.6 Å². The van der Waals surface area contributed by atoms with Crippen LogP contribution in [0.3, 0.4) is 0 Å². The molecule has 32 heavy (non-hydrogen) atoms. The molecule has 0 saturated heterocycles. The highest BCUT2D eigenvalue weighted by molar-refractivity contribution is 6.31. The van der Waals surface area contributed by atoms with E-state index in [-0.39, 0.29) is 29.9 Å². The average molecular weight is 444 g/mol. The average Bonchev–Trinajstić information content (AvgIpc) is 2.79. The molecule has 0 unspecified atom stereocenters. The van der Waals surface area contributed by atoms with Gasteiger partial charge < -0.3 is 10.1 Å². The third kappa shape index (κ3) is 4.06. The lowest BCUT2D eigenvalue weighted by Gasteiger charge is -2.34. The normalized spacial score (nSPS) is 20.5. The van der Waals surface area contributed by atoms with E-state index in [1.807, 2.05) is 78.9 Å². The second-order valence-corrected chi connectivity index (χ2v) is 8.64. The summed E-state index contributed by atoms with van der Waals surface area (Å²) in [6, 6.07) is 24.8. The molecule has 0 bridgehead atoms. The molecule has 1 aliphatic carbocycles. The first kappa shape index (κ1) is 20.5. The van der Waals surface area contributed by atoms with Crippen LogP contribution in [0, 0.1) is 0 Å². The van der Waals surface area contributed by atoms with Crippen molar-refractivity contribution in [3.8, 4) is 11.5 Å². The van der Waals surface area contributed by atoms with Crippen LogP contribution in [0.15, 0.2) is 90.1 Å². The fraction of sp³-hybridized carbons (Fsp3) is 0.185. The van der Waals surface area contributed by atoms with Crippen molar-refractivity contribution in [2.24, 2.45) is 0 Å². The maximum atomic E-state index is 13.3. The number of carbonyl (C=O) groups excluding carboxylic acids is 2. The number of nitrogens with one attached hydrogen (secondary N) is 1. The molecule has 5 heteroatoms. The maximum absolute atomic E-state index is 13.3. The van der Waals surface area contributed by atoms with Crippen LogP contribution in [0.5, 0.6) is 11.5 Å². The predicted octanol–water partition coefficient (Wildman–Crippen LogP) is 6.14. The van der Waals surface area contributed by atoms with Gasteiger partial charge in [-0.2, -0.15) is 0 Å². The lowest BCUT2D eigenvalue weighted by molar-refractivity contribution is -0.122. The van der Waals surface area contributed by atoms with Gasteiger partial charge in [-0.3, -0.25) is 9.59 Å². The lowest BCUT2D eigenvalue weighted by Crippen LogP contribution is -2.38. The minimum Gasteiger partial charge on any atom is -0.457 e. The van der Waals surface area contributed by atoms with E-state index in [9.17, 15) is 9.59 Å². The van der Waals surface area contributed by atoms with Gasteiger partial charge in [0.2, 0.25) is 5.91 Å². The molecule has 1 amide bonds. The largest absolute Gasteiger partial charge is 0.457 e. The fourth-order valence-electron chi connectivity index (χ4n) is 4.69. The molecule has 4 nitrogen and oxygen atoms in total. The van der Waals surface area contributed by atoms with Crippen molar-refractivity contribution in [3.63, 3.8) is 0 Å². The smallest absolute Gasteiger partial charge is 0.225 e. The molecule has 2 aliphatic rings. The van der Waals surface area contributed by atoms with Crippen LogP contribution < -0.4 is 10.1 Å². The van der Waals surface area contributed by atoms with Crippen LogP contribution in [-0.4, -0.2) is 11.7 Å². The number of amides is 1. The summed E-state index contributed by atoms with van der Waals surface area (Å²) in [7, 11) is 0. The molecule has 160 valence electrons. The summed E-state index contributed by atoms with van der Waals surface area (Å²) < 4.78 is 5.97. The van der Waals surface area contributed by atoms with E-state index in [0.717, 1.165) is 22.6 Å². The van der Waals surface area contributed by atoms with E-state index in [0.29, 0.717) is 29.2 Å². The van der Waals surface area contributed by atoms with Gasteiger partial charge in [-0.25, -0.2) is 0 Å². The second kappa shape index (κ2) is 8.64. The summed E-state index contributed by atoms with van der Waals surface area (Å²) in [6.07, 6.45) is 1.22. The Hall–Kier alpha value is -3.37. The van der Waals surface area contributed by atoms with Crippen molar-refractivity contribution in [1.29, 1.82) is 0 Å². The Labute approximate surface area is 191 Å². The summed E-state index contributed by atoms with van der Waals surface area (Å²) in [6.45, 7) is 0. The summed E-state index contributed by atoms with van der Waals surface area (Å²) in [5.74, 6) is 1.09. The lowest BCUT2D eigenvalue weighted by atomic mass is 9.73. The Kier molecular flexibility index (Phi) is 5.54. The van der Waals surface area contributed by atoms with Crippen LogP contribution in [0.25, 0.3) is 0 Å². The summed E-state index contributed by atoms with van der Waals surface area (Å²) in [5.41, 5.74) is 3.29. The molecule has 1 N–H and O–H groups in total. The van der Waals surface area contributed by atoms with Crippen molar-refractivity contribution in [2.45, 2.75) is 31.1 Å². The number of hydrogen-bond acceptors (Lipinski definition) is 3. The molecule has 3 aromatic carbocycles. The molecule has 1 aliphatic heterocycles. The number of benzene rings is 3. The van der Waals surface area contributed by atoms with Gasteiger partial charge in [0.05, 0.1) is 0 Å². The Morgan fingerprint density at radius 1 is 0.812 bits per heavy atom. The predicted molar refractivity (Wildman–Crippen MR) is 124 cm³/mol. The van der Waals surface area contributed by atoms with Crippen molar-refractivity contribution in [1.82, 2.24) is 5.32 Å². The van der Waals surface area contributed by atoms with Crippen LogP contribution in [0.2, 0.25) is 5.02 Å². The summed E-state index contributed by atoms with van der Waals surface area (Å²) >= 11 is 6.39. The fourth-order valence-corrected chi connectivity index (χ4v) is 4.98. The summed E-state index contributed by atoms with van der Waals surface area (Å²) in [4.78, 5) is 25.9. The molecule has 0 aromatic heterocycles. The zero-order chi connectivity index (χ0) is 22.1. The highest BCUT2D eigenvalue weighted by Gasteiger charge is 2.38. The first-order valence-electron chi connectivity index (χ1n) is 10.7. The van der Waals surface area contributed by atoms with Gasteiger partial charge in [0, 0.05) is 35.1 Å². The number of ketones is 1. The number of carbonyl (C=O) groups is 2. The molecule has 0 fully saturated rings. The van der Waals surface area contributed by atoms with Crippen molar-refractivity contribution >= 4 is 23.3 Å². The molecular weight excluding hydrogens is 422 g/mol. The highest BCUT2D eigenvalue weighted by Crippen LogP contribution is 2.44. The Balaban J connectivity index is 1.47. The molecule has 0 radical (unpaired) electrons. The van der Waals surface area contributed by atoms with Gasteiger partial charge in [-0.1, -0.05) is 60.1 Å². The zero-order valence-corrected chi connectivity index (χ0v) is 18.1. The first-order chi connectivity index (χ1) is 15.6. The number of hydrogen-bond donors (Lipinski definition) is 1. The van der Waals surface area contributed by atoms with Gasteiger partial charge in [-0.15, -0.1) is 0 Å². The van der Waals surface area contributed by atoms with E-state index in [2.05, 4.69) is 5.32 Å². The minimum absolute atomic E-state index is 0.0400. The van der Waals surface area contributed by atoms with E-state index in [1.165, 1.54) is 0 Å². The quantitative estimate of drug-likeness (QED) is 0.527. The molecule has 0 saturated carbocycles. The van der Waals surface area contributed by atoms with Gasteiger partial charge in [0.25, 0.3) is 0 Å². The number of allylic oxidation sites excluding steroid dienone is 2. The van der Waals surface area contributed by atoms with Crippen molar-refractivity contribution in [2.75, 3.05) is 0 Å². The zero-order valence-electron chi connectivity index (χ0n) is 17.4.